The molecule has 1 heterocycles. The van der Waals surface area contributed by atoms with Gasteiger partial charge in [0.2, 0.25) is 0 Å². The monoisotopic (exact) mass is 200 g/mol. The Morgan fingerprint density at radius 3 is 2.71 bits per heavy atom. The number of hydrogen-bond donors (Lipinski definition) is 1. The predicted molar refractivity (Wildman–Crippen MR) is 47.2 cm³/mol. The maximum absolute atomic E-state index is 12.5. The number of aromatic nitrogens is 1. The van der Waals surface area contributed by atoms with E-state index in [-0.39, 0.29) is 12.2 Å². The second-order valence-electron chi connectivity index (χ2n) is 2.85. The van der Waals surface area contributed by atoms with Gasteiger partial charge in [-0.3, -0.25) is 4.79 Å². The summed E-state index contributed by atoms with van der Waals surface area (Å²) in [5, 5.41) is 0. The van der Waals surface area contributed by atoms with E-state index in [0.717, 1.165) is 0 Å². The maximum Gasteiger partial charge on any atom is 0.280 e. The topological polar surface area (TPSA) is 56.0 Å². The van der Waals surface area contributed by atoms with E-state index in [1.165, 1.54) is 6.07 Å². The van der Waals surface area contributed by atoms with Crippen molar-refractivity contribution >= 4 is 6.29 Å². The third-order valence-corrected chi connectivity index (χ3v) is 1.93. The van der Waals surface area contributed by atoms with Gasteiger partial charge in [-0.25, -0.2) is 13.8 Å². The van der Waals surface area contributed by atoms with E-state index in [0.29, 0.717) is 17.4 Å². The summed E-state index contributed by atoms with van der Waals surface area (Å²) in [6.45, 7) is 1.63. The number of halogens is 2. The fraction of sp³-hybridized carbons (Fsp3) is 0.333. The molecule has 0 atom stereocenters. The number of carbonyl (C=O) groups excluding carboxylic acids is 1. The lowest BCUT2D eigenvalue weighted by Gasteiger charge is -2.09. The van der Waals surface area contributed by atoms with Gasteiger partial charge in [0.25, 0.3) is 6.43 Å². The van der Waals surface area contributed by atoms with Crippen LogP contribution in [-0.2, 0) is 6.54 Å². The molecule has 0 unspecified atom stereocenters. The van der Waals surface area contributed by atoms with E-state index < -0.39 is 12.1 Å². The van der Waals surface area contributed by atoms with Gasteiger partial charge >= 0.3 is 0 Å². The van der Waals surface area contributed by atoms with Crippen LogP contribution in [0.3, 0.4) is 0 Å². The molecule has 1 aromatic heterocycles. The lowest BCUT2D eigenvalue weighted by atomic mass is 10.1. The Morgan fingerprint density at radius 2 is 2.29 bits per heavy atom. The molecule has 0 fully saturated rings. The van der Waals surface area contributed by atoms with Gasteiger partial charge in [-0.15, -0.1) is 0 Å². The normalized spacial score (nSPS) is 10.6. The first kappa shape index (κ1) is 10.7. The van der Waals surface area contributed by atoms with Gasteiger partial charge in [-0.05, 0) is 24.1 Å². The number of nitrogens with zero attached hydrogens (tertiary/aromatic N) is 1. The van der Waals surface area contributed by atoms with Crippen LogP contribution >= 0.6 is 0 Å². The zero-order valence-electron chi connectivity index (χ0n) is 7.63. The van der Waals surface area contributed by atoms with Crippen molar-refractivity contribution in [1.82, 2.24) is 4.98 Å². The van der Waals surface area contributed by atoms with Crippen LogP contribution in [0.1, 0.15) is 33.7 Å². The van der Waals surface area contributed by atoms with Gasteiger partial charge in [-0.2, -0.15) is 0 Å². The predicted octanol–water partition coefficient (Wildman–Crippen LogP) is 1.60. The fourth-order valence-corrected chi connectivity index (χ4v) is 1.26. The smallest absolute Gasteiger partial charge is 0.280 e. The van der Waals surface area contributed by atoms with Crippen LogP contribution in [0.25, 0.3) is 0 Å². The summed E-state index contributed by atoms with van der Waals surface area (Å²) in [5.41, 5.74) is 5.81. The number of alkyl halides is 2. The van der Waals surface area contributed by atoms with E-state index in [4.69, 9.17) is 5.73 Å². The molecule has 0 bridgehead atoms. The summed E-state index contributed by atoms with van der Waals surface area (Å²) >= 11 is 0. The van der Waals surface area contributed by atoms with Gasteiger partial charge < -0.3 is 5.73 Å². The minimum absolute atomic E-state index is 0.00234. The van der Waals surface area contributed by atoms with Crippen LogP contribution in [0.4, 0.5) is 8.78 Å². The molecule has 0 amide bonds. The van der Waals surface area contributed by atoms with E-state index in [1.807, 2.05) is 0 Å². The first-order valence-corrected chi connectivity index (χ1v) is 4.04. The summed E-state index contributed by atoms with van der Waals surface area (Å²) in [7, 11) is 0. The van der Waals surface area contributed by atoms with Gasteiger partial charge in [0.15, 0.2) is 6.29 Å². The first-order chi connectivity index (χ1) is 6.60. The standard InChI is InChI=1S/C9H10F2N2O/c1-5-2-6(4-14)13-8(9(10)11)7(5)3-12/h2,4,9H,3,12H2,1H3. The van der Waals surface area contributed by atoms with E-state index in [9.17, 15) is 13.6 Å². The zero-order valence-corrected chi connectivity index (χ0v) is 7.63. The van der Waals surface area contributed by atoms with Gasteiger partial charge in [-0.1, -0.05) is 0 Å². The van der Waals surface area contributed by atoms with Crippen LogP contribution in [0.2, 0.25) is 0 Å². The van der Waals surface area contributed by atoms with Crippen molar-refractivity contribution in [3.05, 3.63) is 28.6 Å². The summed E-state index contributed by atoms with van der Waals surface area (Å²) in [6.07, 6.45) is -2.26. The van der Waals surface area contributed by atoms with Crippen molar-refractivity contribution in [2.45, 2.75) is 19.9 Å². The SMILES string of the molecule is Cc1cc(C=O)nc(C(F)F)c1CN. The number of hydrogen-bond acceptors (Lipinski definition) is 3. The van der Waals surface area contributed by atoms with E-state index in [1.54, 1.807) is 6.92 Å². The number of carbonyl (C=O) groups is 1. The molecule has 0 saturated heterocycles. The summed E-state index contributed by atoms with van der Waals surface area (Å²) < 4.78 is 25.0. The third-order valence-electron chi connectivity index (χ3n) is 1.93. The maximum atomic E-state index is 12.5. The van der Waals surface area contributed by atoms with Crippen LogP contribution in [-0.4, -0.2) is 11.3 Å². The molecule has 1 rings (SSSR count). The van der Waals surface area contributed by atoms with Crippen molar-refractivity contribution in [1.29, 1.82) is 0 Å². The quantitative estimate of drug-likeness (QED) is 0.754. The molecule has 0 aliphatic rings. The highest BCUT2D eigenvalue weighted by Crippen LogP contribution is 2.23. The molecule has 0 radical (unpaired) electrons. The lowest BCUT2D eigenvalue weighted by Crippen LogP contribution is -2.08. The molecule has 0 aliphatic heterocycles. The van der Waals surface area contributed by atoms with Gasteiger partial charge in [0.05, 0.1) is 0 Å². The zero-order chi connectivity index (χ0) is 10.7. The number of aldehydes is 1. The van der Waals surface area contributed by atoms with Crippen LogP contribution in [0, 0.1) is 6.92 Å². The van der Waals surface area contributed by atoms with Crippen molar-refractivity contribution in [3.8, 4) is 0 Å². The number of nitrogens with two attached hydrogens (primary N) is 1. The molecule has 76 valence electrons. The molecule has 2 N–H and O–H groups in total. The Kier molecular flexibility index (Phi) is 3.24. The van der Waals surface area contributed by atoms with Crippen molar-refractivity contribution in [2.75, 3.05) is 0 Å². The number of pyridine rings is 1. The summed E-state index contributed by atoms with van der Waals surface area (Å²) in [4.78, 5) is 13.9. The Labute approximate surface area is 79.9 Å². The molecule has 3 nitrogen and oxygen atoms in total. The molecule has 0 spiro atoms. The molecule has 0 saturated carbocycles. The molecule has 0 aromatic carbocycles. The number of rotatable bonds is 3. The van der Waals surface area contributed by atoms with Crippen LogP contribution in [0.15, 0.2) is 6.07 Å². The van der Waals surface area contributed by atoms with Crippen LogP contribution < -0.4 is 5.73 Å². The molecule has 5 heteroatoms. The second kappa shape index (κ2) is 4.23. The largest absolute Gasteiger partial charge is 0.326 e. The third kappa shape index (κ3) is 1.93. The highest BCUT2D eigenvalue weighted by molar-refractivity contribution is 5.72. The van der Waals surface area contributed by atoms with E-state index >= 15 is 0 Å². The second-order valence-corrected chi connectivity index (χ2v) is 2.85. The number of aryl methyl sites for hydroxylation is 1. The molecule has 1 aromatic rings. The van der Waals surface area contributed by atoms with Gasteiger partial charge in [0, 0.05) is 6.54 Å². The first-order valence-electron chi connectivity index (χ1n) is 4.04. The van der Waals surface area contributed by atoms with Gasteiger partial charge in [0.1, 0.15) is 11.4 Å². The average Bonchev–Trinajstić information content (AvgIpc) is 2.16. The van der Waals surface area contributed by atoms with Crippen molar-refractivity contribution < 1.29 is 13.6 Å². The molecule has 0 aliphatic carbocycles. The average molecular weight is 200 g/mol. The van der Waals surface area contributed by atoms with Crippen molar-refractivity contribution in [2.24, 2.45) is 5.73 Å². The molecular formula is C9H10F2N2O. The highest BCUT2D eigenvalue weighted by atomic mass is 19.3. The summed E-state index contributed by atoms with van der Waals surface area (Å²) in [5.74, 6) is 0. The highest BCUT2D eigenvalue weighted by Gasteiger charge is 2.16. The Morgan fingerprint density at radius 1 is 1.64 bits per heavy atom. The Balaban J connectivity index is 3.35. The lowest BCUT2D eigenvalue weighted by molar-refractivity contribution is 0.111. The Hall–Kier alpha value is -1.36. The van der Waals surface area contributed by atoms with Crippen molar-refractivity contribution in [3.63, 3.8) is 0 Å². The van der Waals surface area contributed by atoms with E-state index in [2.05, 4.69) is 4.98 Å². The minimum Gasteiger partial charge on any atom is -0.326 e. The molecule has 14 heavy (non-hydrogen) atoms. The fourth-order valence-electron chi connectivity index (χ4n) is 1.26. The summed E-state index contributed by atoms with van der Waals surface area (Å²) in [6, 6.07) is 1.45. The minimum atomic E-state index is -2.70. The Bertz CT molecular complexity index is 353. The van der Waals surface area contributed by atoms with Crippen LogP contribution in [0.5, 0.6) is 0 Å². The molecular weight excluding hydrogens is 190 g/mol.